The number of halogens is 1. The average Bonchev–Trinajstić information content (AvgIpc) is 2.46. The number of carbonyl (C=O) groups is 1. The van der Waals surface area contributed by atoms with E-state index in [-0.39, 0.29) is 31.5 Å². The molecule has 1 amide bonds. The van der Waals surface area contributed by atoms with Crippen LogP contribution in [0.25, 0.3) is 0 Å². The van der Waals surface area contributed by atoms with Gasteiger partial charge in [0, 0.05) is 18.5 Å². The maximum Gasteiger partial charge on any atom is 0.234 e. The van der Waals surface area contributed by atoms with Crippen molar-refractivity contribution >= 4 is 5.91 Å². The van der Waals surface area contributed by atoms with E-state index in [4.69, 9.17) is 0 Å². The highest BCUT2D eigenvalue weighted by Gasteiger charge is 2.24. The van der Waals surface area contributed by atoms with E-state index < -0.39 is 5.41 Å². The molecule has 0 unspecified atom stereocenters. The molecule has 0 radical (unpaired) electrons. The number of rotatable bonds is 8. The first-order valence-corrected chi connectivity index (χ1v) is 6.80. The Hall–Kier alpha value is -1.50. The van der Waals surface area contributed by atoms with Gasteiger partial charge in [-0.15, -0.1) is 0 Å². The van der Waals surface area contributed by atoms with E-state index in [2.05, 4.69) is 5.32 Å². The number of hydrogen-bond donors (Lipinski definition) is 3. The Balaban J connectivity index is 2.37. The van der Waals surface area contributed by atoms with Gasteiger partial charge in [-0.05, 0) is 24.7 Å². The van der Waals surface area contributed by atoms with Crippen molar-refractivity contribution < 1.29 is 19.4 Å². The number of likely N-dealkylation sites (N-methyl/N-ethyl adjacent to an activating group) is 1. The van der Waals surface area contributed by atoms with Crippen LogP contribution in [-0.2, 0) is 11.3 Å². The van der Waals surface area contributed by atoms with Crippen LogP contribution in [0.2, 0.25) is 0 Å². The van der Waals surface area contributed by atoms with E-state index in [0.717, 1.165) is 5.56 Å². The number of nitrogens with one attached hydrogen (secondary N) is 1. The SMILES string of the molecule is CN(CC(=O)NCc1ccc(F)cc1)CC(C)(CO)CO. The fourth-order valence-corrected chi connectivity index (χ4v) is 1.96. The predicted molar refractivity (Wildman–Crippen MR) is 78.0 cm³/mol. The van der Waals surface area contributed by atoms with Gasteiger partial charge in [0.2, 0.25) is 5.91 Å². The third-order valence-electron chi connectivity index (χ3n) is 3.23. The average molecular weight is 298 g/mol. The Morgan fingerprint density at radius 2 is 1.86 bits per heavy atom. The summed E-state index contributed by atoms with van der Waals surface area (Å²) in [7, 11) is 1.75. The van der Waals surface area contributed by atoms with Crippen molar-refractivity contribution in [2.45, 2.75) is 13.5 Å². The first-order chi connectivity index (χ1) is 9.88. The molecule has 21 heavy (non-hydrogen) atoms. The van der Waals surface area contributed by atoms with Gasteiger partial charge in [-0.2, -0.15) is 0 Å². The van der Waals surface area contributed by atoms with Crippen LogP contribution in [0.3, 0.4) is 0 Å². The van der Waals surface area contributed by atoms with Crippen molar-refractivity contribution in [2.75, 3.05) is 33.4 Å². The molecule has 5 nitrogen and oxygen atoms in total. The second-order valence-corrected chi connectivity index (χ2v) is 5.70. The maximum atomic E-state index is 12.7. The molecule has 0 atom stereocenters. The number of hydrogen-bond acceptors (Lipinski definition) is 4. The standard InChI is InChI=1S/C15H23FN2O3/c1-15(10-19,11-20)9-18(2)8-14(21)17-7-12-3-5-13(16)6-4-12/h3-6,19-20H,7-11H2,1-2H3,(H,17,21). The van der Waals surface area contributed by atoms with Crippen molar-refractivity contribution in [3.05, 3.63) is 35.6 Å². The van der Waals surface area contributed by atoms with Gasteiger partial charge in [0.05, 0.1) is 19.8 Å². The van der Waals surface area contributed by atoms with Crippen LogP contribution in [0.1, 0.15) is 12.5 Å². The van der Waals surface area contributed by atoms with Gasteiger partial charge >= 0.3 is 0 Å². The quantitative estimate of drug-likeness (QED) is 0.648. The fourth-order valence-electron chi connectivity index (χ4n) is 1.96. The number of amides is 1. The van der Waals surface area contributed by atoms with E-state index in [1.54, 1.807) is 31.0 Å². The summed E-state index contributed by atoms with van der Waals surface area (Å²) in [6.07, 6.45) is 0. The summed E-state index contributed by atoms with van der Waals surface area (Å²) in [5, 5.41) is 21.2. The van der Waals surface area contributed by atoms with E-state index in [0.29, 0.717) is 13.1 Å². The number of carbonyl (C=O) groups excluding carboxylic acids is 1. The minimum atomic E-state index is -0.633. The monoisotopic (exact) mass is 298 g/mol. The third-order valence-corrected chi connectivity index (χ3v) is 3.23. The van der Waals surface area contributed by atoms with Gasteiger partial charge in [-0.1, -0.05) is 19.1 Å². The molecule has 6 heteroatoms. The lowest BCUT2D eigenvalue weighted by Crippen LogP contribution is -2.43. The molecule has 0 aromatic heterocycles. The van der Waals surface area contributed by atoms with Crippen LogP contribution >= 0.6 is 0 Å². The van der Waals surface area contributed by atoms with Crippen molar-refractivity contribution in [3.8, 4) is 0 Å². The Morgan fingerprint density at radius 1 is 1.29 bits per heavy atom. The molecule has 0 aliphatic carbocycles. The van der Waals surface area contributed by atoms with Crippen LogP contribution in [0.15, 0.2) is 24.3 Å². The minimum absolute atomic E-state index is 0.148. The van der Waals surface area contributed by atoms with Crippen LogP contribution in [-0.4, -0.2) is 54.4 Å². The summed E-state index contributed by atoms with van der Waals surface area (Å²) in [4.78, 5) is 13.5. The zero-order chi connectivity index (χ0) is 15.9. The first-order valence-electron chi connectivity index (χ1n) is 6.80. The van der Waals surface area contributed by atoms with E-state index in [1.807, 2.05) is 0 Å². The summed E-state index contributed by atoms with van der Waals surface area (Å²) in [6, 6.07) is 5.94. The van der Waals surface area contributed by atoms with Gasteiger partial charge in [0.1, 0.15) is 5.82 Å². The predicted octanol–water partition coefficient (Wildman–Crippen LogP) is 0.365. The zero-order valence-electron chi connectivity index (χ0n) is 12.5. The van der Waals surface area contributed by atoms with Crippen LogP contribution in [0.4, 0.5) is 4.39 Å². The van der Waals surface area contributed by atoms with E-state index in [1.165, 1.54) is 12.1 Å². The van der Waals surface area contributed by atoms with Crippen molar-refractivity contribution in [2.24, 2.45) is 5.41 Å². The van der Waals surface area contributed by atoms with Crippen molar-refractivity contribution in [1.82, 2.24) is 10.2 Å². The molecule has 0 saturated carbocycles. The highest BCUT2D eigenvalue weighted by molar-refractivity contribution is 5.77. The smallest absolute Gasteiger partial charge is 0.234 e. The Morgan fingerprint density at radius 3 is 2.38 bits per heavy atom. The van der Waals surface area contributed by atoms with Crippen LogP contribution < -0.4 is 5.32 Å². The molecule has 0 heterocycles. The van der Waals surface area contributed by atoms with Crippen LogP contribution in [0.5, 0.6) is 0 Å². The molecule has 0 aliphatic heterocycles. The molecule has 1 aromatic carbocycles. The van der Waals surface area contributed by atoms with Gasteiger partial charge in [0.25, 0.3) is 0 Å². The molecule has 0 fully saturated rings. The second kappa shape index (κ2) is 8.07. The largest absolute Gasteiger partial charge is 0.396 e. The minimum Gasteiger partial charge on any atom is -0.396 e. The normalized spacial score (nSPS) is 11.7. The fraction of sp³-hybridized carbons (Fsp3) is 0.533. The second-order valence-electron chi connectivity index (χ2n) is 5.70. The summed E-state index contributed by atoms with van der Waals surface area (Å²) in [5.74, 6) is -0.475. The molecule has 1 rings (SSSR count). The molecular formula is C15H23FN2O3. The van der Waals surface area contributed by atoms with E-state index >= 15 is 0 Å². The molecule has 3 N–H and O–H groups in total. The van der Waals surface area contributed by atoms with Crippen molar-refractivity contribution in [1.29, 1.82) is 0 Å². The van der Waals surface area contributed by atoms with E-state index in [9.17, 15) is 19.4 Å². The topological polar surface area (TPSA) is 72.8 Å². The number of benzene rings is 1. The van der Waals surface area contributed by atoms with Crippen LogP contribution in [0, 0.1) is 11.2 Å². The first kappa shape index (κ1) is 17.6. The molecule has 0 bridgehead atoms. The number of aliphatic hydroxyl groups is 2. The number of nitrogens with zero attached hydrogens (tertiary/aromatic N) is 1. The molecular weight excluding hydrogens is 275 g/mol. The summed E-state index contributed by atoms with van der Waals surface area (Å²) in [6.45, 7) is 2.36. The molecule has 0 saturated heterocycles. The van der Waals surface area contributed by atoms with Gasteiger partial charge in [0.15, 0.2) is 0 Å². The lowest BCUT2D eigenvalue weighted by atomic mass is 9.92. The Labute approximate surface area is 124 Å². The van der Waals surface area contributed by atoms with Gasteiger partial charge < -0.3 is 15.5 Å². The van der Waals surface area contributed by atoms with Gasteiger partial charge in [-0.3, -0.25) is 9.69 Å². The highest BCUT2D eigenvalue weighted by atomic mass is 19.1. The highest BCUT2D eigenvalue weighted by Crippen LogP contribution is 2.15. The lowest BCUT2D eigenvalue weighted by Gasteiger charge is -2.29. The van der Waals surface area contributed by atoms with Crippen molar-refractivity contribution in [3.63, 3.8) is 0 Å². The third kappa shape index (κ3) is 6.20. The molecule has 0 aliphatic rings. The number of aliphatic hydroxyl groups excluding tert-OH is 2. The Kier molecular flexibility index (Phi) is 6.74. The molecule has 0 spiro atoms. The Bertz CT molecular complexity index is 447. The summed E-state index contributed by atoms with van der Waals surface area (Å²) < 4.78 is 12.7. The maximum absolute atomic E-state index is 12.7. The van der Waals surface area contributed by atoms with Gasteiger partial charge in [-0.25, -0.2) is 4.39 Å². The zero-order valence-corrected chi connectivity index (χ0v) is 12.5. The summed E-state index contributed by atoms with van der Waals surface area (Å²) in [5.41, 5.74) is 0.189. The lowest BCUT2D eigenvalue weighted by molar-refractivity contribution is -0.122. The molecule has 118 valence electrons. The summed E-state index contributed by atoms with van der Waals surface area (Å²) >= 11 is 0. The molecule has 1 aromatic rings.